The van der Waals surface area contributed by atoms with E-state index in [1.807, 2.05) is 4.90 Å². The lowest BCUT2D eigenvalue weighted by atomic mass is 10.2. The number of hydrogen-bond acceptors (Lipinski definition) is 5. The molecule has 2 amide bonds. The quantitative estimate of drug-likeness (QED) is 0.869. The maximum atomic E-state index is 12.1. The van der Waals surface area contributed by atoms with Gasteiger partial charge in [-0.15, -0.1) is 0 Å². The first-order chi connectivity index (χ1) is 11.0. The van der Waals surface area contributed by atoms with Gasteiger partial charge in [0.2, 0.25) is 11.8 Å². The summed E-state index contributed by atoms with van der Waals surface area (Å²) in [5.74, 6) is 1.18. The van der Waals surface area contributed by atoms with E-state index in [1.165, 1.54) is 0 Å². The lowest BCUT2D eigenvalue weighted by molar-refractivity contribution is -0.130. The Balaban J connectivity index is 1.87. The molecule has 1 fully saturated rings. The summed E-state index contributed by atoms with van der Waals surface area (Å²) in [5.41, 5.74) is 0.662. The number of nitrogens with zero attached hydrogens (tertiary/aromatic N) is 2. The van der Waals surface area contributed by atoms with E-state index >= 15 is 0 Å². The first kappa shape index (κ1) is 17.1. The number of hydrogen-bond donors (Lipinski definition) is 1. The van der Waals surface area contributed by atoms with Crippen molar-refractivity contribution < 1.29 is 19.1 Å². The molecule has 7 nitrogen and oxygen atoms in total. The van der Waals surface area contributed by atoms with Crippen molar-refractivity contribution in [2.45, 2.75) is 6.92 Å². The normalized spacial score (nSPS) is 15.2. The van der Waals surface area contributed by atoms with Gasteiger partial charge in [-0.1, -0.05) is 0 Å². The SMILES string of the molecule is COc1ccc(NC(=O)CN2CCN(C(C)=O)CC2)cc1OC. The van der Waals surface area contributed by atoms with Gasteiger partial charge in [-0.2, -0.15) is 0 Å². The minimum absolute atomic E-state index is 0.0828. The fourth-order valence-corrected chi connectivity index (χ4v) is 2.54. The van der Waals surface area contributed by atoms with Crippen LogP contribution in [0.4, 0.5) is 5.69 Å². The summed E-state index contributed by atoms with van der Waals surface area (Å²) in [6.07, 6.45) is 0. The van der Waals surface area contributed by atoms with Crippen LogP contribution < -0.4 is 14.8 Å². The van der Waals surface area contributed by atoms with E-state index in [9.17, 15) is 9.59 Å². The number of ether oxygens (including phenoxy) is 2. The van der Waals surface area contributed by atoms with Crippen molar-refractivity contribution in [1.29, 1.82) is 0 Å². The van der Waals surface area contributed by atoms with Gasteiger partial charge in [0.1, 0.15) is 0 Å². The third kappa shape index (κ3) is 4.59. The Morgan fingerprint density at radius 1 is 1.09 bits per heavy atom. The fraction of sp³-hybridized carbons (Fsp3) is 0.500. The number of methoxy groups -OCH3 is 2. The molecular weight excluding hydrogens is 298 g/mol. The van der Waals surface area contributed by atoms with E-state index in [2.05, 4.69) is 5.32 Å². The van der Waals surface area contributed by atoms with Gasteiger partial charge in [0, 0.05) is 44.9 Å². The second kappa shape index (κ2) is 7.82. The molecule has 1 aromatic carbocycles. The van der Waals surface area contributed by atoms with E-state index in [0.29, 0.717) is 49.9 Å². The molecule has 1 heterocycles. The van der Waals surface area contributed by atoms with Crippen LogP contribution in [0, 0.1) is 0 Å². The van der Waals surface area contributed by atoms with Crippen LogP contribution in [0.5, 0.6) is 11.5 Å². The Hall–Kier alpha value is -2.28. The molecule has 1 aliphatic heterocycles. The van der Waals surface area contributed by atoms with E-state index in [0.717, 1.165) is 0 Å². The molecule has 1 aromatic rings. The van der Waals surface area contributed by atoms with Gasteiger partial charge in [0.05, 0.1) is 20.8 Å². The Bertz CT molecular complexity index is 568. The molecule has 1 N–H and O–H groups in total. The van der Waals surface area contributed by atoms with Crippen molar-refractivity contribution in [3.63, 3.8) is 0 Å². The first-order valence-electron chi connectivity index (χ1n) is 7.53. The number of piperazine rings is 1. The molecule has 2 rings (SSSR count). The maximum absolute atomic E-state index is 12.1. The Labute approximate surface area is 136 Å². The minimum Gasteiger partial charge on any atom is -0.493 e. The van der Waals surface area contributed by atoms with Gasteiger partial charge in [-0.05, 0) is 12.1 Å². The predicted octanol–water partition coefficient (Wildman–Crippen LogP) is 0.806. The highest BCUT2D eigenvalue weighted by Crippen LogP contribution is 2.29. The summed E-state index contributed by atoms with van der Waals surface area (Å²) < 4.78 is 10.4. The zero-order valence-corrected chi connectivity index (χ0v) is 13.8. The summed E-state index contributed by atoms with van der Waals surface area (Å²) in [7, 11) is 3.12. The molecule has 1 aliphatic rings. The van der Waals surface area contributed by atoms with Crippen LogP contribution in [0.15, 0.2) is 18.2 Å². The largest absolute Gasteiger partial charge is 0.493 e. The first-order valence-corrected chi connectivity index (χ1v) is 7.53. The molecule has 0 spiro atoms. The second-order valence-electron chi connectivity index (χ2n) is 5.40. The Morgan fingerprint density at radius 3 is 2.30 bits per heavy atom. The molecule has 0 atom stereocenters. The van der Waals surface area contributed by atoms with Crippen LogP contribution in [0.25, 0.3) is 0 Å². The molecule has 0 aromatic heterocycles. The van der Waals surface area contributed by atoms with Gasteiger partial charge in [-0.25, -0.2) is 0 Å². The number of amides is 2. The highest BCUT2D eigenvalue weighted by molar-refractivity contribution is 5.92. The zero-order valence-electron chi connectivity index (χ0n) is 13.8. The summed E-state index contributed by atoms with van der Waals surface area (Å²) in [6.45, 7) is 4.62. The predicted molar refractivity (Wildman–Crippen MR) is 86.9 cm³/mol. The van der Waals surface area contributed by atoms with Crippen molar-refractivity contribution in [2.24, 2.45) is 0 Å². The summed E-state index contributed by atoms with van der Waals surface area (Å²) in [6, 6.07) is 5.25. The van der Waals surface area contributed by atoms with Crippen LogP contribution in [0.2, 0.25) is 0 Å². The molecular formula is C16H23N3O4. The monoisotopic (exact) mass is 321 g/mol. The highest BCUT2D eigenvalue weighted by atomic mass is 16.5. The second-order valence-corrected chi connectivity index (χ2v) is 5.40. The number of carbonyl (C=O) groups is 2. The van der Waals surface area contributed by atoms with Crippen molar-refractivity contribution >= 4 is 17.5 Å². The minimum atomic E-state index is -0.0894. The van der Waals surface area contributed by atoms with Gasteiger partial charge >= 0.3 is 0 Å². The molecule has 0 bridgehead atoms. The topological polar surface area (TPSA) is 71.1 Å². The van der Waals surface area contributed by atoms with Crippen molar-refractivity contribution in [1.82, 2.24) is 9.80 Å². The summed E-state index contributed by atoms with van der Waals surface area (Å²) in [4.78, 5) is 27.3. The average Bonchev–Trinajstić information content (AvgIpc) is 2.55. The van der Waals surface area contributed by atoms with Gasteiger partial charge in [-0.3, -0.25) is 14.5 Å². The molecule has 0 unspecified atom stereocenters. The van der Waals surface area contributed by atoms with Crippen molar-refractivity contribution in [3.8, 4) is 11.5 Å². The van der Waals surface area contributed by atoms with Crippen LogP contribution in [-0.4, -0.2) is 68.6 Å². The number of carbonyl (C=O) groups excluding carboxylic acids is 2. The van der Waals surface area contributed by atoms with E-state index in [-0.39, 0.29) is 11.8 Å². The van der Waals surface area contributed by atoms with Crippen LogP contribution in [0.1, 0.15) is 6.92 Å². The molecule has 1 saturated heterocycles. The van der Waals surface area contributed by atoms with Crippen LogP contribution >= 0.6 is 0 Å². The summed E-state index contributed by atoms with van der Waals surface area (Å²) in [5, 5.41) is 2.85. The maximum Gasteiger partial charge on any atom is 0.238 e. The van der Waals surface area contributed by atoms with E-state index < -0.39 is 0 Å². The molecule has 0 saturated carbocycles. The summed E-state index contributed by atoms with van der Waals surface area (Å²) >= 11 is 0. The molecule has 126 valence electrons. The van der Waals surface area contributed by atoms with E-state index in [1.54, 1.807) is 44.2 Å². The van der Waals surface area contributed by atoms with E-state index in [4.69, 9.17) is 9.47 Å². The Kier molecular flexibility index (Phi) is 5.81. The standard InChI is InChI=1S/C16H23N3O4/c1-12(20)19-8-6-18(7-9-19)11-16(21)17-13-4-5-14(22-2)15(10-13)23-3/h4-5,10H,6-9,11H2,1-3H3,(H,17,21). The van der Waals surface area contributed by atoms with Gasteiger partial charge < -0.3 is 19.7 Å². The van der Waals surface area contributed by atoms with Crippen molar-refractivity contribution in [2.75, 3.05) is 52.3 Å². The highest BCUT2D eigenvalue weighted by Gasteiger charge is 2.20. The number of anilines is 1. The average molecular weight is 321 g/mol. The third-order valence-electron chi connectivity index (χ3n) is 3.85. The fourth-order valence-electron chi connectivity index (χ4n) is 2.54. The lowest BCUT2D eigenvalue weighted by Crippen LogP contribution is -2.49. The number of benzene rings is 1. The smallest absolute Gasteiger partial charge is 0.238 e. The van der Waals surface area contributed by atoms with Crippen LogP contribution in [-0.2, 0) is 9.59 Å². The number of rotatable bonds is 5. The molecule has 0 aliphatic carbocycles. The third-order valence-corrected chi connectivity index (χ3v) is 3.85. The molecule has 23 heavy (non-hydrogen) atoms. The molecule has 7 heteroatoms. The van der Waals surface area contributed by atoms with Crippen LogP contribution in [0.3, 0.4) is 0 Å². The molecule has 0 radical (unpaired) electrons. The van der Waals surface area contributed by atoms with Gasteiger partial charge in [0.15, 0.2) is 11.5 Å². The Morgan fingerprint density at radius 2 is 1.74 bits per heavy atom. The number of nitrogens with one attached hydrogen (secondary N) is 1. The van der Waals surface area contributed by atoms with Gasteiger partial charge in [0.25, 0.3) is 0 Å². The lowest BCUT2D eigenvalue weighted by Gasteiger charge is -2.33. The van der Waals surface area contributed by atoms with Crippen molar-refractivity contribution in [3.05, 3.63) is 18.2 Å². The zero-order chi connectivity index (χ0) is 16.8.